The number of thiazole rings is 1. The van der Waals surface area contributed by atoms with Crippen LogP contribution in [0.4, 0.5) is 10.8 Å². The zero-order valence-electron chi connectivity index (χ0n) is 16.0. The molecule has 2 amide bonds. The zero-order chi connectivity index (χ0) is 20.2. The van der Waals surface area contributed by atoms with Crippen LogP contribution in [0, 0.1) is 6.92 Å². The summed E-state index contributed by atoms with van der Waals surface area (Å²) in [5.74, 6) is -0.452. The molecule has 148 valence electrons. The standard InChI is InChI=1S/C22H21N3O3S/c1-14-6-2-3-9-17(14)18-13-29-22(24-18)25-20(26)15-7-4-8-16(12-15)23-21(27)19-10-5-11-28-19/h2-4,6-9,12-13,19H,5,10-11H2,1H3,(H,23,27)(H,24,25,26). The van der Waals surface area contributed by atoms with Crippen LogP contribution in [0.25, 0.3) is 11.3 Å². The average Bonchev–Trinajstić information content (AvgIpc) is 3.41. The van der Waals surface area contributed by atoms with Crippen molar-refractivity contribution in [3.63, 3.8) is 0 Å². The maximum Gasteiger partial charge on any atom is 0.257 e. The van der Waals surface area contributed by atoms with Gasteiger partial charge in [-0.1, -0.05) is 30.3 Å². The maximum atomic E-state index is 12.6. The second-order valence-electron chi connectivity index (χ2n) is 6.88. The number of carbonyl (C=O) groups excluding carboxylic acids is 2. The number of amides is 2. The monoisotopic (exact) mass is 407 g/mol. The van der Waals surface area contributed by atoms with Crippen molar-refractivity contribution in [1.29, 1.82) is 0 Å². The van der Waals surface area contributed by atoms with Gasteiger partial charge in [0.05, 0.1) is 5.69 Å². The van der Waals surface area contributed by atoms with Crippen molar-refractivity contribution in [2.24, 2.45) is 0 Å². The van der Waals surface area contributed by atoms with Gasteiger partial charge in [0.1, 0.15) is 6.10 Å². The third-order valence-corrected chi connectivity index (χ3v) is 5.52. The number of anilines is 2. The minimum atomic E-state index is -0.414. The van der Waals surface area contributed by atoms with E-state index in [4.69, 9.17) is 4.74 Å². The number of hydrogen-bond acceptors (Lipinski definition) is 5. The number of benzene rings is 2. The fourth-order valence-electron chi connectivity index (χ4n) is 3.23. The van der Waals surface area contributed by atoms with Gasteiger partial charge >= 0.3 is 0 Å². The number of nitrogens with one attached hydrogen (secondary N) is 2. The first-order chi connectivity index (χ1) is 14.1. The number of nitrogens with zero attached hydrogens (tertiary/aromatic N) is 1. The molecule has 2 aromatic carbocycles. The lowest BCUT2D eigenvalue weighted by Gasteiger charge is -2.11. The molecule has 1 atom stereocenters. The maximum absolute atomic E-state index is 12.6. The van der Waals surface area contributed by atoms with E-state index in [0.717, 1.165) is 29.7 Å². The Hall–Kier alpha value is -3.03. The fourth-order valence-corrected chi connectivity index (χ4v) is 3.94. The molecule has 29 heavy (non-hydrogen) atoms. The van der Waals surface area contributed by atoms with Gasteiger partial charge in [-0.05, 0) is 43.5 Å². The fraction of sp³-hybridized carbons (Fsp3) is 0.227. The van der Waals surface area contributed by atoms with E-state index >= 15 is 0 Å². The molecule has 1 aliphatic rings. The van der Waals surface area contributed by atoms with E-state index in [1.807, 2.05) is 36.6 Å². The van der Waals surface area contributed by atoms with E-state index in [2.05, 4.69) is 15.6 Å². The van der Waals surface area contributed by atoms with Crippen LogP contribution < -0.4 is 10.6 Å². The summed E-state index contributed by atoms with van der Waals surface area (Å²) < 4.78 is 5.39. The summed E-state index contributed by atoms with van der Waals surface area (Å²) in [6.45, 7) is 2.64. The minimum Gasteiger partial charge on any atom is -0.368 e. The Bertz CT molecular complexity index is 1040. The largest absolute Gasteiger partial charge is 0.368 e. The van der Waals surface area contributed by atoms with Crippen LogP contribution in [-0.4, -0.2) is 29.5 Å². The molecule has 1 unspecified atom stereocenters. The summed E-state index contributed by atoms with van der Waals surface area (Å²) in [5.41, 5.74) is 4.02. The highest BCUT2D eigenvalue weighted by Gasteiger charge is 2.23. The second-order valence-corrected chi connectivity index (χ2v) is 7.74. The number of rotatable bonds is 5. The quantitative estimate of drug-likeness (QED) is 0.653. The van der Waals surface area contributed by atoms with Gasteiger partial charge in [-0.2, -0.15) is 0 Å². The average molecular weight is 407 g/mol. The van der Waals surface area contributed by atoms with Gasteiger partial charge in [-0.15, -0.1) is 11.3 Å². The van der Waals surface area contributed by atoms with Crippen molar-refractivity contribution in [2.75, 3.05) is 17.2 Å². The van der Waals surface area contributed by atoms with Crippen molar-refractivity contribution in [3.05, 3.63) is 65.0 Å². The molecule has 2 N–H and O–H groups in total. The zero-order valence-corrected chi connectivity index (χ0v) is 16.8. The first kappa shape index (κ1) is 19.3. The van der Waals surface area contributed by atoms with Gasteiger partial charge < -0.3 is 10.1 Å². The van der Waals surface area contributed by atoms with Gasteiger partial charge in [0.2, 0.25) is 0 Å². The molecule has 1 fully saturated rings. The lowest BCUT2D eigenvalue weighted by molar-refractivity contribution is -0.124. The summed E-state index contributed by atoms with van der Waals surface area (Å²) in [5, 5.41) is 8.11. The molecule has 3 aromatic rings. The second kappa shape index (κ2) is 8.55. The van der Waals surface area contributed by atoms with Crippen LogP contribution in [0.3, 0.4) is 0 Å². The Morgan fingerprint density at radius 3 is 2.79 bits per heavy atom. The highest BCUT2D eigenvalue weighted by molar-refractivity contribution is 7.14. The molecule has 1 saturated heterocycles. The van der Waals surface area contributed by atoms with E-state index in [1.165, 1.54) is 11.3 Å². The summed E-state index contributed by atoms with van der Waals surface area (Å²) in [6, 6.07) is 14.8. The number of ether oxygens (including phenoxy) is 1. The number of hydrogen-bond donors (Lipinski definition) is 2. The topological polar surface area (TPSA) is 80.3 Å². The lowest BCUT2D eigenvalue weighted by atomic mass is 10.1. The van der Waals surface area contributed by atoms with Crippen molar-refractivity contribution in [1.82, 2.24) is 4.98 Å². The number of aryl methyl sites for hydroxylation is 1. The highest BCUT2D eigenvalue weighted by atomic mass is 32.1. The van der Waals surface area contributed by atoms with Gasteiger partial charge in [-0.3, -0.25) is 14.9 Å². The number of aromatic nitrogens is 1. The van der Waals surface area contributed by atoms with Gasteiger partial charge in [0.25, 0.3) is 11.8 Å². The molecule has 0 radical (unpaired) electrons. The molecule has 0 aliphatic carbocycles. The first-order valence-electron chi connectivity index (χ1n) is 9.45. The highest BCUT2D eigenvalue weighted by Crippen LogP contribution is 2.27. The van der Waals surface area contributed by atoms with Crippen molar-refractivity contribution >= 4 is 34.0 Å². The van der Waals surface area contributed by atoms with Crippen molar-refractivity contribution < 1.29 is 14.3 Å². The predicted molar refractivity (Wildman–Crippen MR) is 114 cm³/mol. The Kier molecular flexibility index (Phi) is 5.69. The summed E-state index contributed by atoms with van der Waals surface area (Å²) in [7, 11) is 0. The SMILES string of the molecule is Cc1ccccc1-c1csc(NC(=O)c2cccc(NC(=O)C3CCCO3)c2)n1. The normalized spacial score (nSPS) is 15.8. The molecule has 2 heterocycles. The lowest BCUT2D eigenvalue weighted by Crippen LogP contribution is -2.27. The Morgan fingerprint density at radius 1 is 1.14 bits per heavy atom. The molecule has 6 nitrogen and oxygen atoms in total. The molecular weight excluding hydrogens is 386 g/mol. The summed E-state index contributed by atoms with van der Waals surface area (Å²) in [6.07, 6.45) is 1.20. The van der Waals surface area contributed by atoms with E-state index in [9.17, 15) is 9.59 Å². The van der Waals surface area contributed by atoms with E-state index in [0.29, 0.717) is 23.0 Å². The Morgan fingerprint density at radius 2 is 2.00 bits per heavy atom. The first-order valence-corrected chi connectivity index (χ1v) is 10.3. The molecule has 0 spiro atoms. The van der Waals surface area contributed by atoms with Crippen molar-refractivity contribution in [3.8, 4) is 11.3 Å². The van der Waals surface area contributed by atoms with Crippen LogP contribution in [0.5, 0.6) is 0 Å². The molecule has 1 aromatic heterocycles. The third kappa shape index (κ3) is 4.52. The van der Waals surface area contributed by atoms with Crippen LogP contribution in [0.15, 0.2) is 53.9 Å². The van der Waals surface area contributed by atoms with E-state index in [1.54, 1.807) is 24.3 Å². The van der Waals surface area contributed by atoms with Gasteiger partial charge in [0.15, 0.2) is 5.13 Å². The molecule has 7 heteroatoms. The van der Waals surface area contributed by atoms with Crippen LogP contribution in [-0.2, 0) is 9.53 Å². The molecule has 0 bridgehead atoms. The summed E-state index contributed by atoms with van der Waals surface area (Å²) in [4.78, 5) is 29.4. The van der Waals surface area contributed by atoms with Crippen LogP contribution in [0.2, 0.25) is 0 Å². The Labute approximate surface area is 172 Å². The smallest absolute Gasteiger partial charge is 0.257 e. The van der Waals surface area contributed by atoms with E-state index < -0.39 is 6.10 Å². The minimum absolute atomic E-state index is 0.178. The van der Waals surface area contributed by atoms with Gasteiger partial charge in [0, 0.05) is 28.8 Å². The van der Waals surface area contributed by atoms with E-state index in [-0.39, 0.29) is 11.8 Å². The van der Waals surface area contributed by atoms with Crippen LogP contribution in [0.1, 0.15) is 28.8 Å². The molecule has 4 rings (SSSR count). The molecule has 1 aliphatic heterocycles. The van der Waals surface area contributed by atoms with Crippen molar-refractivity contribution in [2.45, 2.75) is 25.9 Å². The molecule has 0 saturated carbocycles. The van der Waals surface area contributed by atoms with Gasteiger partial charge in [-0.25, -0.2) is 4.98 Å². The Balaban J connectivity index is 1.44. The molecular formula is C22H21N3O3S. The number of carbonyl (C=O) groups is 2. The predicted octanol–water partition coefficient (Wildman–Crippen LogP) is 4.49. The van der Waals surface area contributed by atoms with Crippen LogP contribution >= 0.6 is 11.3 Å². The third-order valence-electron chi connectivity index (χ3n) is 4.76. The summed E-state index contributed by atoms with van der Waals surface area (Å²) >= 11 is 1.38.